The van der Waals surface area contributed by atoms with Gasteiger partial charge in [0.15, 0.2) is 0 Å². The fourth-order valence-electron chi connectivity index (χ4n) is 1.26. The molecule has 2 nitrogen and oxygen atoms in total. The van der Waals surface area contributed by atoms with Crippen LogP contribution in [0.2, 0.25) is 0 Å². The Hall–Kier alpha value is -1.16. The first-order valence-electron chi connectivity index (χ1n) is 4.14. The number of benzene rings is 1. The second kappa shape index (κ2) is 3.53. The summed E-state index contributed by atoms with van der Waals surface area (Å²) < 4.78 is 13.6. The molecule has 2 rings (SSSR count). The van der Waals surface area contributed by atoms with Crippen molar-refractivity contribution in [1.29, 1.82) is 0 Å². The van der Waals surface area contributed by atoms with Crippen LogP contribution in [0.15, 0.2) is 28.7 Å². The molecule has 0 fully saturated rings. The van der Waals surface area contributed by atoms with E-state index in [1.165, 1.54) is 6.07 Å². The van der Waals surface area contributed by atoms with Gasteiger partial charge in [0.2, 0.25) is 0 Å². The Morgan fingerprint density at radius 1 is 1.36 bits per heavy atom. The van der Waals surface area contributed by atoms with Crippen LogP contribution >= 0.6 is 15.9 Å². The molecule has 0 saturated heterocycles. The first-order chi connectivity index (χ1) is 6.70. The average molecular weight is 255 g/mol. The fraction of sp³-hybridized carbons (Fsp3) is 0.100. The highest BCUT2D eigenvalue weighted by Gasteiger charge is 2.03. The molecule has 4 heteroatoms. The molecule has 0 radical (unpaired) electrons. The topological polar surface area (TPSA) is 24.9 Å². The monoisotopic (exact) mass is 254 g/mol. The van der Waals surface area contributed by atoms with Crippen LogP contribution in [0.3, 0.4) is 0 Å². The molecule has 0 aliphatic carbocycles. The predicted molar refractivity (Wildman–Crippen MR) is 58.9 cm³/mol. The second-order valence-electron chi connectivity index (χ2n) is 2.91. The number of anilines is 1. The van der Waals surface area contributed by atoms with Crippen molar-refractivity contribution < 1.29 is 4.39 Å². The molecule has 14 heavy (non-hydrogen) atoms. The first kappa shape index (κ1) is 9.40. The zero-order valence-corrected chi connectivity index (χ0v) is 9.10. The Kier molecular flexibility index (Phi) is 2.37. The lowest BCUT2D eigenvalue weighted by Crippen LogP contribution is -1.92. The molecule has 0 amide bonds. The lowest BCUT2D eigenvalue weighted by atomic mass is 10.2. The highest BCUT2D eigenvalue weighted by Crippen LogP contribution is 2.23. The van der Waals surface area contributed by atoms with Crippen molar-refractivity contribution in [2.45, 2.75) is 0 Å². The maximum absolute atomic E-state index is 13.2. The van der Waals surface area contributed by atoms with E-state index in [9.17, 15) is 4.39 Å². The van der Waals surface area contributed by atoms with Gasteiger partial charge in [-0.25, -0.2) is 9.37 Å². The van der Waals surface area contributed by atoms with Crippen LogP contribution in [-0.2, 0) is 0 Å². The van der Waals surface area contributed by atoms with Crippen molar-refractivity contribution in [2.75, 3.05) is 12.4 Å². The lowest BCUT2D eigenvalue weighted by molar-refractivity contribution is 0.623. The van der Waals surface area contributed by atoms with Gasteiger partial charge in [0.05, 0.1) is 9.99 Å². The molecule has 0 atom stereocenters. The number of halogens is 2. The van der Waals surface area contributed by atoms with Gasteiger partial charge in [-0.1, -0.05) is 0 Å². The summed E-state index contributed by atoms with van der Waals surface area (Å²) >= 11 is 3.13. The minimum atomic E-state index is -0.293. The minimum Gasteiger partial charge on any atom is -0.373 e. The first-order valence-corrected chi connectivity index (χ1v) is 4.93. The number of pyridine rings is 1. The Morgan fingerprint density at radius 2 is 2.14 bits per heavy atom. The summed E-state index contributed by atoms with van der Waals surface area (Å²) in [5.41, 5.74) is 0.651. The van der Waals surface area contributed by atoms with Crippen LogP contribution in [0.5, 0.6) is 0 Å². The van der Waals surface area contributed by atoms with E-state index in [-0.39, 0.29) is 5.82 Å². The quantitative estimate of drug-likeness (QED) is 0.846. The number of hydrogen-bond donors (Lipinski definition) is 1. The number of nitrogens with zero attached hydrogens (tertiary/aromatic N) is 1. The van der Waals surface area contributed by atoms with Crippen LogP contribution in [0.25, 0.3) is 10.9 Å². The van der Waals surface area contributed by atoms with Gasteiger partial charge in [-0.05, 0) is 34.1 Å². The highest BCUT2D eigenvalue weighted by atomic mass is 79.9. The van der Waals surface area contributed by atoms with Crippen LogP contribution in [-0.4, -0.2) is 12.0 Å². The van der Waals surface area contributed by atoms with Crippen molar-refractivity contribution in [2.24, 2.45) is 0 Å². The van der Waals surface area contributed by atoms with Gasteiger partial charge in [0.25, 0.3) is 0 Å². The summed E-state index contributed by atoms with van der Waals surface area (Å²) in [6.45, 7) is 0. The van der Waals surface area contributed by atoms with E-state index in [0.29, 0.717) is 9.99 Å². The predicted octanol–water partition coefficient (Wildman–Crippen LogP) is 3.18. The molecule has 0 aliphatic heterocycles. The largest absolute Gasteiger partial charge is 0.373 e. The van der Waals surface area contributed by atoms with Gasteiger partial charge in [0.1, 0.15) is 11.6 Å². The van der Waals surface area contributed by atoms with Crippen LogP contribution < -0.4 is 5.32 Å². The van der Waals surface area contributed by atoms with Crippen LogP contribution in [0, 0.1) is 5.82 Å². The van der Waals surface area contributed by atoms with Gasteiger partial charge >= 0.3 is 0 Å². The van der Waals surface area contributed by atoms with Gasteiger partial charge in [0, 0.05) is 18.5 Å². The Labute approximate surface area is 89.3 Å². The van der Waals surface area contributed by atoms with Gasteiger partial charge in [-0.2, -0.15) is 0 Å². The maximum atomic E-state index is 13.2. The molecule has 1 aromatic heterocycles. The molecule has 2 aromatic rings. The van der Waals surface area contributed by atoms with Crippen molar-refractivity contribution >= 4 is 32.7 Å². The second-order valence-corrected chi connectivity index (χ2v) is 3.76. The number of hydrogen-bond acceptors (Lipinski definition) is 2. The summed E-state index contributed by atoms with van der Waals surface area (Å²) in [4.78, 5) is 4.22. The zero-order valence-electron chi connectivity index (χ0n) is 7.51. The molecule has 1 N–H and O–H groups in total. The van der Waals surface area contributed by atoms with E-state index in [1.807, 2.05) is 12.1 Å². The van der Waals surface area contributed by atoms with Gasteiger partial charge < -0.3 is 5.32 Å². The van der Waals surface area contributed by atoms with E-state index >= 15 is 0 Å². The fourth-order valence-corrected chi connectivity index (χ4v) is 1.62. The third-order valence-corrected chi connectivity index (χ3v) is 2.60. The minimum absolute atomic E-state index is 0.293. The smallest absolute Gasteiger partial charge is 0.139 e. The SMILES string of the molecule is CNc1ccc2cc(Br)c(F)cc2n1. The third-order valence-electron chi connectivity index (χ3n) is 1.99. The molecule has 1 heterocycles. The molecular formula is C10H8BrFN2. The molecule has 0 bridgehead atoms. The highest BCUT2D eigenvalue weighted by molar-refractivity contribution is 9.10. The number of nitrogens with one attached hydrogen (secondary N) is 1. The van der Waals surface area contributed by atoms with Gasteiger partial charge in [-0.3, -0.25) is 0 Å². The van der Waals surface area contributed by atoms with E-state index in [4.69, 9.17) is 0 Å². The summed E-state index contributed by atoms with van der Waals surface area (Å²) in [7, 11) is 1.78. The number of rotatable bonds is 1. The van der Waals surface area contributed by atoms with E-state index in [1.54, 1.807) is 13.1 Å². The molecular weight excluding hydrogens is 247 g/mol. The summed E-state index contributed by atoms with van der Waals surface area (Å²) in [5, 5.41) is 3.82. The average Bonchev–Trinajstić information content (AvgIpc) is 2.19. The molecule has 72 valence electrons. The molecule has 0 aliphatic rings. The molecule has 0 spiro atoms. The summed E-state index contributed by atoms with van der Waals surface area (Å²) in [6, 6.07) is 6.89. The normalized spacial score (nSPS) is 10.5. The van der Waals surface area contributed by atoms with Gasteiger partial charge in [-0.15, -0.1) is 0 Å². The van der Waals surface area contributed by atoms with E-state index in [0.717, 1.165) is 11.2 Å². The Bertz CT molecular complexity index is 485. The maximum Gasteiger partial charge on any atom is 0.139 e. The number of fused-ring (bicyclic) bond motifs is 1. The van der Waals surface area contributed by atoms with Crippen molar-refractivity contribution in [3.63, 3.8) is 0 Å². The third kappa shape index (κ3) is 1.57. The zero-order chi connectivity index (χ0) is 10.1. The lowest BCUT2D eigenvalue weighted by Gasteiger charge is -2.02. The number of aromatic nitrogens is 1. The Balaban J connectivity index is 2.70. The molecule has 0 unspecified atom stereocenters. The summed E-state index contributed by atoms with van der Waals surface area (Å²) in [6.07, 6.45) is 0. The van der Waals surface area contributed by atoms with Crippen LogP contribution in [0.4, 0.5) is 10.2 Å². The van der Waals surface area contributed by atoms with Crippen molar-refractivity contribution in [3.8, 4) is 0 Å². The van der Waals surface area contributed by atoms with E-state index in [2.05, 4.69) is 26.2 Å². The molecule has 1 aromatic carbocycles. The standard InChI is InChI=1S/C10H8BrFN2/c1-13-10-3-2-6-4-7(11)8(12)5-9(6)14-10/h2-5H,1H3,(H,13,14). The molecule has 0 saturated carbocycles. The summed E-state index contributed by atoms with van der Waals surface area (Å²) in [5.74, 6) is 0.442. The van der Waals surface area contributed by atoms with Crippen molar-refractivity contribution in [1.82, 2.24) is 4.98 Å². The van der Waals surface area contributed by atoms with E-state index < -0.39 is 0 Å². The van der Waals surface area contributed by atoms with Crippen molar-refractivity contribution in [3.05, 3.63) is 34.6 Å². The Morgan fingerprint density at radius 3 is 2.86 bits per heavy atom. The van der Waals surface area contributed by atoms with Crippen LogP contribution in [0.1, 0.15) is 0 Å².